The summed E-state index contributed by atoms with van der Waals surface area (Å²) in [7, 11) is 1.72. The summed E-state index contributed by atoms with van der Waals surface area (Å²) in [6.45, 7) is 4.81. The van der Waals surface area contributed by atoms with Gasteiger partial charge in [-0.25, -0.2) is 0 Å². The van der Waals surface area contributed by atoms with Gasteiger partial charge in [0.05, 0.1) is 17.7 Å². The fraction of sp³-hybridized carbons (Fsp3) is 0.500. The first-order chi connectivity index (χ1) is 10.7. The standard InChI is InChI=1S/C16H21ClN4O/c1-12(22-2)11-21-15(13-7-3-4-8-14(13)17)18-19-16(21)20-9-5-6-10-20/h3-4,7-8,12H,5-6,9-11H2,1-2H3. The molecule has 0 bridgehead atoms. The zero-order valence-electron chi connectivity index (χ0n) is 13.0. The van der Waals surface area contributed by atoms with E-state index in [4.69, 9.17) is 16.3 Å². The van der Waals surface area contributed by atoms with Gasteiger partial charge in [0, 0.05) is 25.8 Å². The van der Waals surface area contributed by atoms with Crippen molar-refractivity contribution in [2.24, 2.45) is 0 Å². The van der Waals surface area contributed by atoms with Crippen molar-refractivity contribution in [3.8, 4) is 11.4 Å². The van der Waals surface area contributed by atoms with E-state index in [9.17, 15) is 0 Å². The molecule has 0 N–H and O–H groups in total. The molecule has 0 amide bonds. The van der Waals surface area contributed by atoms with Crippen LogP contribution in [0.1, 0.15) is 19.8 Å². The maximum atomic E-state index is 6.34. The number of halogens is 1. The van der Waals surface area contributed by atoms with E-state index in [0.717, 1.165) is 30.4 Å². The fourth-order valence-corrected chi connectivity index (χ4v) is 3.01. The lowest BCUT2D eigenvalue weighted by molar-refractivity contribution is 0.104. The molecular weight excluding hydrogens is 300 g/mol. The van der Waals surface area contributed by atoms with Gasteiger partial charge in [-0.15, -0.1) is 10.2 Å². The monoisotopic (exact) mass is 320 g/mol. The molecule has 22 heavy (non-hydrogen) atoms. The van der Waals surface area contributed by atoms with Gasteiger partial charge in [-0.05, 0) is 31.9 Å². The number of hydrogen-bond donors (Lipinski definition) is 0. The Morgan fingerprint density at radius 2 is 1.95 bits per heavy atom. The molecule has 1 unspecified atom stereocenters. The fourth-order valence-electron chi connectivity index (χ4n) is 2.79. The summed E-state index contributed by atoms with van der Waals surface area (Å²) in [6.07, 6.45) is 2.49. The lowest BCUT2D eigenvalue weighted by Crippen LogP contribution is -2.25. The van der Waals surface area contributed by atoms with Crippen molar-refractivity contribution >= 4 is 17.5 Å². The second kappa shape index (κ2) is 6.67. The van der Waals surface area contributed by atoms with Crippen LogP contribution in [0.15, 0.2) is 24.3 Å². The van der Waals surface area contributed by atoms with Crippen molar-refractivity contribution in [2.45, 2.75) is 32.4 Å². The molecule has 1 saturated heterocycles. The van der Waals surface area contributed by atoms with Crippen LogP contribution in [0.5, 0.6) is 0 Å². The van der Waals surface area contributed by atoms with Gasteiger partial charge in [0.25, 0.3) is 0 Å². The highest BCUT2D eigenvalue weighted by molar-refractivity contribution is 6.33. The number of anilines is 1. The van der Waals surface area contributed by atoms with E-state index in [1.54, 1.807) is 7.11 Å². The van der Waals surface area contributed by atoms with E-state index in [0.29, 0.717) is 11.6 Å². The highest BCUT2D eigenvalue weighted by Crippen LogP contribution is 2.30. The highest BCUT2D eigenvalue weighted by Gasteiger charge is 2.23. The summed E-state index contributed by atoms with van der Waals surface area (Å²) in [5, 5.41) is 9.53. The number of benzene rings is 1. The zero-order valence-corrected chi connectivity index (χ0v) is 13.8. The Balaban J connectivity index is 2.04. The summed E-state index contributed by atoms with van der Waals surface area (Å²) in [5.41, 5.74) is 0.908. The first kappa shape index (κ1) is 15.3. The molecule has 1 aromatic heterocycles. The van der Waals surface area contributed by atoms with E-state index < -0.39 is 0 Å². The molecule has 6 heteroatoms. The molecule has 1 aliphatic heterocycles. The number of nitrogens with zero attached hydrogens (tertiary/aromatic N) is 4. The first-order valence-corrected chi connectivity index (χ1v) is 8.04. The van der Waals surface area contributed by atoms with Crippen LogP contribution < -0.4 is 4.90 Å². The molecule has 3 rings (SSSR count). The quantitative estimate of drug-likeness (QED) is 0.848. The van der Waals surface area contributed by atoms with Crippen LogP contribution in [0.2, 0.25) is 5.02 Å². The third-order valence-electron chi connectivity index (χ3n) is 4.08. The minimum atomic E-state index is 0.0820. The van der Waals surface area contributed by atoms with E-state index in [2.05, 4.69) is 19.7 Å². The molecule has 1 atom stereocenters. The Morgan fingerprint density at radius 1 is 1.23 bits per heavy atom. The average Bonchev–Trinajstić information content (AvgIpc) is 3.17. The summed E-state index contributed by atoms with van der Waals surface area (Å²) < 4.78 is 7.56. The van der Waals surface area contributed by atoms with E-state index in [-0.39, 0.29) is 6.10 Å². The number of hydrogen-bond acceptors (Lipinski definition) is 4. The van der Waals surface area contributed by atoms with Crippen LogP contribution in [0, 0.1) is 0 Å². The van der Waals surface area contributed by atoms with Crippen molar-refractivity contribution in [3.05, 3.63) is 29.3 Å². The molecule has 1 aromatic carbocycles. The zero-order chi connectivity index (χ0) is 15.5. The maximum Gasteiger partial charge on any atom is 0.227 e. The van der Waals surface area contributed by atoms with E-state index in [1.165, 1.54) is 12.8 Å². The van der Waals surface area contributed by atoms with Crippen LogP contribution in [-0.2, 0) is 11.3 Å². The van der Waals surface area contributed by atoms with Crippen LogP contribution >= 0.6 is 11.6 Å². The molecule has 2 heterocycles. The van der Waals surface area contributed by atoms with Gasteiger partial charge in [-0.3, -0.25) is 4.57 Å². The van der Waals surface area contributed by atoms with Crippen LogP contribution in [0.4, 0.5) is 5.95 Å². The molecular formula is C16H21ClN4O. The third kappa shape index (κ3) is 2.96. The minimum absolute atomic E-state index is 0.0820. The van der Waals surface area contributed by atoms with Crippen LogP contribution in [0.3, 0.4) is 0 Å². The van der Waals surface area contributed by atoms with Crippen molar-refractivity contribution in [3.63, 3.8) is 0 Å². The van der Waals surface area contributed by atoms with E-state index in [1.807, 2.05) is 31.2 Å². The van der Waals surface area contributed by atoms with Crippen LogP contribution in [0.25, 0.3) is 11.4 Å². The molecule has 1 aliphatic rings. The normalized spacial score (nSPS) is 16.2. The predicted octanol–water partition coefficient (Wildman–Crippen LogP) is 3.23. The number of rotatable bonds is 5. The first-order valence-electron chi connectivity index (χ1n) is 7.66. The molecule has 0 saturated carbocycles. The largest absolute Gasteiger partial charge is 0.380 e. The maximum absolute atomic E-state index is 6.34. The van der Waals surface area contributed by atoms with Crippen LogP contribution in [-0.4, -0.2) is 41.1 Å². The molecule has 2 aromatic rings. The smallest absolute Gasteiger partial charge is 0.227 e. The molecule has 118 valence electrons. The minimum Gasteiger partial charge on any atom is -0.380 e. The molecule has 0 spiro atoms. The Bertz CT molecular complexity index is 637. The Labute approximate surface area is 135 Å². The summed E-state index contributed by atoms with van der Waals surface area (Å²) in [6, 6.07) is 7.75. The van der Waals surface area contributed by atoms with Crippen molar-refractivity contribution < 1.29 is 4.74 Å². The molecule has 0 aliphatic carbocycles. The highest BCUT2D eigenvalue weighted by atomic mass is 35.5. The van der Waals surface area contributed by atoms with Gasteiger partial charge in [-0.1, -0.05) is 23.7 Å². The number of methoxy groups -OCH3 is 1. The van der Waals surface area contributed by atoms with Gasteiger partial charge in [0.15, 0.2) is 5.82 Å². The Kier molecular flexibility index (Phi) is 4.64. The third-order valence-corrected chi connectivity index (χ3v) is 4.41. The second-order valence-electron chi connectivity index (χ2n) is 5.65. The summed E-state index contributed by atoms with van der Waals surface area (Å²) >= 11 is 6.34. The molecule has 0 radical (unpaired) electrons. The lowest BCUT2D eigenvalue weighted by atomic mass is 10.2. The SMILES string of the molecule is COC(C)Cn1c(-c2ccccc2Cl)nnc1N1CCCC1. The van der Waals surface area contributed by atoms with Gasteiger partial charge < -0.3 is 9.64 Å². The van der Waals surface area contributed by atoms with Gasteiger partial charge in [0.1, 0.15) is 0 Å². The van der Waals surface area contributed by atoms with E-state index >= 15 is 0 Å². The summed E-state index contributed by atoms with van der Waals surface area (Å²) in [5.74, 6) is 1.72. The number of aromatic nitrogens is 3. The average molecular weight is 321 g/mol. The van der Waals surface area contributed by atoms with Crippen molar-refractivity contribution in [1.29, 1.82) is 0 Å². The Morgan fingerprint density at radius 3 is 2.64 bits per heavy atom. The summed E-state index contributed by atoms with van der Waals surface area (Å²) in [4.78, 5) is 2.29. The molecule has 5 nitrogen and oxygen atoms in total. The topological polar surface area (TPSA) is 43.2 Å². The number of ether oxygens (including phenoxy) is 1. The molecule has 1 fully saturated rings. The van der Waals surface area contributed by atoms with Crippen molar-refractivity contribution in [1.82, 2.24) is 14.8 Å². The predicted molar refractivity (Wildman–Crippen MR) is 88.4 cm³/mol. The van der Waals surface area contributed by atoms with Gasteiger partial charge in [-0.2, -0.15) is 0 Å². The van der Waals surface area contributed by atoms with Crippen molar-refractivity contribution in [2.75, 3.05) is 25.1 Å². The lowest BCUT2D eigenvalue weighted by Gasteiger charge is -2.20. The van der Waals surface area contributed by atoms with Gasteiger partial charge in [0.2, 0.25) is 5.95 Å². The van der Waals surface area contributed by atoms with Gasteiger partial charge >= 0.3 is 0 Å². The Hall–Kier alpha value is -1.59. The second-order valence-corrected chi connectivity index (χ2v) is 6.06.